The zero-order chi connectivity index (χ0) is 26.3. The molecule has 3 aromatic rings. The Bertz CT molecular complexity index is 1380. The van der Waals surface area contributed by atoms with Gasteiger partial charge in [0.15, 0.2) is 0 Å². The molecule has 1 saturated carbocycles. The van der Waals surface area contributed by atoms with Crippen molar-refractivity contribution in [1.82, 2.24) is 20.1 Å². The first kappa shape index (κ1) is 24.9. The summed E-state index contributed by atoms with van der Waals surface area (Å²) < 4.78 is 2.33. The molecule has 2 heterocycles. The van der Waals surface area contributed by atoms with E-state index in [1.165, 1.54) is 27.6 Å². The number of aromatic nitrogens is 1. The van der Waals surface area contributed by atoms with Gasteiger partial charge in [0.1, 0.15) is 0 Å². The lowest BCUT2D eigenvalue weighted by Crippen LogP contribution is -2.50. The van der Waals surface area contributed by atoms with Crippen LogP contribution in [-0.4, -0.2) is 47.5 Å². The maximum Gasteiger partial charge on any atom is 0.227 e. The highest BCUT2D eigenvalue weighted by Gasteiger charge is 2.51. The number of amides is 2. The standard InChI is InChI=1S/C32H38N4O2/c1-22-6-5-7-23(16-22)19-35-20-24(26-8-3-4-9-29(26)35)21-36(25-10-11-25)31(38)27-18-34-15-12-28(27)32(13-14-32)17-30(37)33-2/h3-9,13-14,16,20,25,27-28,34H,10-12,15,17-19,21H2,1-2H3,(H,33,37)/t27-,28-/m0/s1. The minimum Gasteiger partial charge on any atom is -0.359 e. The van der Waals surface area contributed by atoms with E-state index in [1.54, 1.807) is 7.05 Å². The van der Waals surface area contributed by atoms with Crippen LogP contribution < -0.4 is 10.6 Å². The van der Waals surface area contributed by atoms with Crippen LogP contribution in [0.15, 0.2) is 66.9 Å². The third-order valence-electron chi connectivity index (χ3n) is 8.75. The van der Waals surface area contributed by atoms with Crippen LogP contribution in [0.25, 0.3) is 10.9 Å². The van der Waals surface area contributed by atoms with Crippen LogP contribution in [0.3, 0.4) is 0 Å². The summed E-state index contributed by atoms with van der Waals surface area (Å²) in [7, 11) is 1.69. The molecule has 1 aromatic heterocycles. The summed E-state index contributed by atoms with van der Waals surface area (Å²) in [6.07, 6.45) is 10.0. The van der Waals surface area contributed by atoms with Crippen LogP contribution in [0.4, 0.5) is 0 Å². The van der Waals surface area contributed by atoms with Gasteiger partial charge >= 0.3 is 0 Å². The van der Waals surface area contributed by atoms with Crippen LogP contribution in [-0.2, 0) is 22.7 Å². The van der Waals surface area contributed by atoms with E-state index in [2.05, 4.69) is 93.9 Å². The number of piperidine rings is 1. The number of aryl methyl sites for hydroxylation is 1. The third-order valence-corrected chi connectivity index (χ3v) is 8.75. The second kappa shape index (κ2) is 10.1. The van der Waals surface area contributed by atoms with E-state index in [0.29, 0.717) is 25.6 Å². The highest BCUT2D eigenvalue weighted by molar-refractivity contribution is 5.86. The lowest BCUT2D eigenvalue weighted by Gasteiger charge is -2.39. The largest absolute Gasteiger partial charge is 0.359 e. The Balaban J connectivity index is 1.27. The lowest BCUT2D eigenvalue weighted by molar-refractivity contribution is -0.141. The summed E-state index contributed by atoms with van der Waals surface area (Å²) >= 11 is 0. The molecule has 0 unspecified atom stereocenters. The van der Waals surface area contributed by atoms with Crippen LogP contribution in [0.5, 0.6) is 0 Å². The van der Waals surface area contributed by atoms with E-state index >= 15 is 0 Å². The van der Waals surface area contributed by atoms with Crippen molar-refractivity contribution in [3.63, 3.8) is 0 Å². The summed E-state index contributed by atoms with van der Waals surface area (Å²) in [6, 6.07) is 17.5. The Morgan fingerprint density at radius 2 is 1.92 bits per heavy atom. The topological polar surface area (TPSA) is 66.4 Å². The fourth-order valence-electron chi connectivity index (χ4n) is 6.49. The Morgan fingerprint density at radius 1 is 1.11 bits per heavy atom. The van der Waals surface area contributed by atoms with Gasteiger partial charge < -0.3 is 20.1 Å². The number of nitrogens with zero attached hydrogens (tertiary/aromatic N) is 2. The maximum absolute atomic E-state index is 14.2. The quantitative estimate of drug-likeness (QED) is 0.419. The van der Waals surface area contributed by atoms with E-state index < -0.39 is 0 Å². The monoisotopic (exact) mass is 510 g/mol. The molecule has 6 nitrogen and oxygen atoms in total. The van der Waals surface area contributed by atoms with Crippen molar-refractivity contribution >= 4 is 22.7 Å². The molecule has 2 amide bonds. The smallest absolute Gasteiger partial charge is 0.227 e. The van der Waals surface area contributed by atoms with E-state index in [4.69, 9.17) is 0 Å². The summed E-state index contributed by atoms with van der Waals surface area (Å²) in [5, 5.41) is 7.47. The number of para-hydroxylation sites is 1. The summed E-state index contributed by atoms with van der Waals surface area (Å²) in [4.78, 5) is 28.7. The van der Waals surface area contributed by atoms with Gasteiger partial charge in [-0.1, -0.05) is 60.2 Å². The Labute approximate surface area is 225 Å². The van der Waals surface area contributed by atoms with Crippen molar-refractivity contribution < 1.29 is 9.59 Å². The van der Waals surface area contributed by atoms with Gasteiger partial charge in [-0.2, -0.15) is 0 Å². The predicted octanol–water partition coefficient (Wildman–Crippen LogP) is 4.41. The van der Waals surface area contributed by atoms with E-state index in [9.17, 15) is 9.59 Å². The number of benzene rings is 2. The molecule has 1 saturated heterocycles. The zero-order valence-corrected chi connectivity index (χ0v) is 22.5. The van der Waals surface area contributed by atoms with E-state index in [-0.39, 0.29) is 29.1 Å². The van der Waals surface area contributed by atoms with Gasteiger partial charge in [0.05, 0.1) is 5.92 Å². The molecule has 2 N–H and O–H groups in total. The molecule has 0 spiro atoms. The normalized spacial score (nSPS) is 21.8. The van der Waals surface area contributed by atoms with Gasteiger partial charge in [0.25, 0.3) is 0 Å². The predicted molar refractivity (Wildman–Crippen MR) is 151 cm³/mol. The molecule has 0 bridgehead atoms. The fraction of sp³-hybridized carbons (Fsp3) is 0.438. The van der Waals surface area contributed by atoms with Gasteiger partial charge in [-0.3, -0.25) is 9.59 Å². The van der Waals surface area contributed by atoms with Gasteiger partial charge in [0.2, 0.25) is 11.8 Å². The minimum atomic E-state index is -0.248. The maximum atomic E-state index is 14.2. The van der Waals surface area contributed by atoms with E-state index in [1.807, 2.05) is 0 Å². The third kappa shape index (κ3) is 4.90. The summed E-state index contributed by atoms with van der Waals surface area (Å²) in [5.41, 5.74) is 4.71. The van der Waals surface area contributed by atoms with Gasteiger partial charge in [-0.25, -0.2) is 0 Å². The second-order valence-electron chi connectivity index (χ2n) is 11.5. The Morgan fingerprint density at radius 3 is 2.66 bits per heavy atom. The van der Waals surface area contributed by atoms with Crippen LogP contribution >= 0.6 is 0 Å². The minimum absolute atomic E-state index is 0.0419. The number of carbonyl (C=O) groups is 2. The first-order valence-electron chi connectivity index (χ1n) is 14.0. The first-order valence-corrected chi connectivity index (χ1v) is 14.0. The molecular weight excluding hydrogens is 472 g/mol. The van der Waals surface area contributed by atoms with Crippen molar-refractivity contribution in [2.45, 2.75) is 51.7 Å². The molecule has 2 atom stereocenters. The average Bonchev–Trinajstić information content (AvgIpc) is 3.87. The molecule has 198 valence electrons. The molecule has 3 aliphatic rings. The van der Waals surface area contributed by atoms with Crippen molar-refractivity contribution in [1.29, 1.82) is 0 Å². The summed E-state index contributed by atoms with van der Waals surface area (Å²) in [5.74, 6) is 0.326. The van der Waals surface area contributed by atoms with Gasteiger partial charge in [0, 0.05) is 61.7 Å². The number of fused-ring (bicyclic) bond motifs is 1. The molecule has 1 aliphatic heterocycles. The van der Waals surface area contributed by atoms with Crippen molar-refractivity contribution in [2.75, 3.05) is 20.1 Å². The lowest BCUT2D eigenvalue weighted by atomic mass is 9.71. The van der Waals surface area contributed by atoms with Crippen LogP contribution in [0.2, 0.25) is 0 Å². The van der Waals surface area contributed by atoms with Crippen molar-refractivity contribution in [2.24, 2.45) is 17.3 Å². The molecule has 2 aromatic carbocycles. The number of nitrogens with one attached hydrogen (secondary N) is 2. The molecule has 6 rings (SSSR count). The molecule has 0 radical (unpaired) electrons. The number of carbonyl (C=O) groups excluding carboxylic acids is 2. The average molecular weight is 511 g/mol. The SMILES string of the molecule is CNC(=O)CC1([C@H]2CCNC[C@@H]2C(=O)N(Cc2cn(Cc3cccc(C)c3)c3ccccc23)C2CC2)C=C1. The Hall–Kier alpha value is -3.38. The van der Waals surface area contributed by atoms with Crippen LogP contribution in [0, 0.1) is 24.2 Å². The van der Waals surface area contributed by atoms with Gasteiger partial charge in [-0.15, -0.1) is 0 Å². The fourth-order valence-corrected chi connectivity index (χ4v) is 6.49. The number of rotatable bonds is 9. The van der Waals surface area contributed by atoms with E-state index in [0.717, 1.165) is 32.4 Å². The zero-order valence-electron chi connectivity index (χ0n) is 22.5. The second-order valence-corrected chi connectivity index (χ2v) is 11.5. The summed E-state index contributed by atoms with van der Waals surface area (Å²) in [6.45, 7) is 5.14. The Kier molecular flexibility index (Phi) is 6.60. The molecule has 38 heavy (non-hydrogen) atoms. The molecule has 6 heteroatoms. The molecular formula is C32H38N4O2. The molecule has 2 aliphatic carbocycles. The highest BCUT2D eigenvalue weighted by atomic mass is 16.2. The number of hydrogen-bond donors (Lipinski definition) is 2. The van der Waals surface area contributed by atoms with Crippen LogP contribution in [0.1, 0.15) is 42.4 Å². The van der Waals surface area contributed by atoms with Gasteiger partial charge in [-0.05, 0) is 55.8 Å². The molecule has 2 fully saturated rings. The van der Waals surface area contributed by atoms with Crippen molar-refractivity contribution in [3.8, 4) is 0 Å². The number of allylic oxidation sites excluding steroid dienone is 2. The van der Waals surface area contributed by atoms with Crippen molar-refractivity contribution in [3.05, 3.63) is 83.6 Å². The number of hydrogen-bond acceptors (Lipinski definition) is 3. The first-order chi connectivity index (χ1) is 18.5. The highest BCUT2D eigenvalue weighted by Crippen LogP contribution is 2.51.